The zero-order valence-electron chi connectivity index (χ0n) is 10.9. The standard InChI is InChI=1S/C14H11BrFN5/c15-12-6-11(16)4-3-10(12)7-19-13-2-1-5-18-14(13)21-9-17-8-20-21/h1-6,8-9,19H,7H2. The Labute approximate surface area is 129 Å². The maximum absolute atomic E-state index is 13.1. The quantitative estimate of drug-likeness (QED) is 0.787. The van der Waals surface area contributed by atoms with Gasteiger partial charge in [0.25, 0.3) is 0 Å². The fourth-order valence-corrected chi connectivity index (χ4v) is 2.38. The van der Waals surface area contributed by atoms with Crippen LogP contribution in [0.25, 0.3) is 5.82 Å². The molecule has 2 heterocycles. The molecule has 0 bridgehead atoms. The minimum Gasteiger partial charge on any atom is -0.378 e. The van der Waals surface area contributed by atoms with E-state index in [9.17, 15) is 4.39 Å². The van der Waals surface area contributed by atoms with Gasteiger partial charge >= 0.3 is 0 Å². The summed E-state index contributed by atoms with van der Waals surface area (Å²) in [7, 11) is 0. The van der Waals surface area contributed by atoms with Crippen LogP contribution in [0.2, 0.25) is 0 Å². The average molecular weight is 348 g/mol. The summed E-state index contributed by atoms with van der Waals surface area (Å²) in [4.78, 5) is 8.21. The van der Waals surface area contributed by atoms with Crippen LogP contribution in [0.15, 0.2) is 53.7 Å². The van der Waals surface area contributed by atoms with Gasteiger partial charge in [-0.25, -0.2) is 19.0 Å². The minimum atomic E-state index is -0.268. The van der Waals surface area contributed by atoms with Crippen LogP contribution in [0.5, 0.6) is 0 Å². The molecule has 1 N–H and O–H groups in total. The Morgan fingerprint density at radius 1 is 1.29 bits per heavy atom. The van der Waals surface area contributed by atoms with Crippen molar-refractivity contribution in [3.05, 3.63) is 65.0 Å². The molecule has 0 atom stereocenters. The minimum absolute atomic E-state index is 0.268. The summed E-state index contributed by atoms with van der Waals surface area (Å²) in [5.74, 6) is 0.392. The van der Waals surface area contributed by atoms with E-state index in [1.807, 2.05) is 12.1 Å². The van der Waals surface area contributed by atoms with Crippen molar-refractivity contribution >= 4 is 21.6 Å². The van der Waals surface area contributed by atoms with Crippen LogP contribution >= 0.6 is 15.9 Å². The first-order valence-electron chi connectivity index (χ1n) is 6.22. The van der Waals surface area contributed by atoms with Crippen molar-refractivity contribution in [2.75, 3.05) is 5.32 Å². The number of anilines is 1. The second-order valence-electron chi connectivity index (χ2n) is 4.30. The molecule has 3 rings (SSSR count). The van der Waals surface area contributed by atoms with E-state index in [4.69, 9.17) is 0 Å². The Hall–Kier alpha value is -2.28. The van der Waals surface area contributed by atoms with Gasteiger partial charge in [-0.05, 0) is 29.8 Å². The van der Waals surface area contributed by atoms with Crippen molar-refractivity contribution in [3.63, 3.8) is 0 Å². The molecule has 7 heteroatoms. The number of pyridine rings is 1. The van der Waals surface area contributed by atoms with Crippen LogP contribution in [-0.2, 0) is 6.54 Å². The monoisotopic (exact) mass is 347 g/mol. The third kappa shape index (κ3) is 3.08. The molecule has 0 fully saturated rings. The van der Waals surface area contributed by atoms with Crippen molar-refractivity contribution in [2.24, 2.45) is 0 Å². The maximum Gasteiger partial charge on any atom is 0.178 e. The normalized spacial score (nSPS) is 10.6. The molecule has 0 amide bonds. The lowest BCUT2D eigenvalue weighted by atomic mass is 10.2. The van der Waals surface area contributed by atoms with Gasteiger partial charge in [0.2, 0.25) is 0 Å². The van der Waals surface area contributed by atoms with Gasteiger partial charge in [-0.2, -0.15) is 5.10 Å². The molecular weight excluding hydrogens is 337 g/mol. The number of hydrogen-bond acceptors (Lipinski definition) is 4. The Morgan fingerprint density at radius 3 is 2.95 bits per heavy atom. The zero-order valence-corrected chi connectivity index (χ0v) is 12.5. The van der Waals surface area contributed by atoms with Crippen molar-refractivity contribution in [3.8, 4) is 5.82 Å². The number of nitrogens with zero attached hydrogens (tertiary/aromatic N) is 4. The molecule has 2 aromatic heterocycles. The molecule has 1 aromatic carbocycles. The van der Waals surface area contributed by atoms with Crippen LogP contribution in [-0.4, -0.2) is 19.7 Å². The smallest absolute Gasteiger partial charge is 0.178 e. The van der Waals surface area contributed by atoms with E-state index >= 15 is 0 Å². The van der Waals surface area contributed by atoms with E-state index in [2.05, 4.69) is 36.3 Å². The van der Waals surface area contributed by atoms with E-state index in [1.54, 1.807) is 23.3 Å². The summed E-state index contributed by atoms with van der Waals surface area (Å²) in [5, 5.41) is 7.35. The summed E-state index contributed by atoms with van der Waals surface area (Å²) in [6.07, 6.45) is 4.73. The van der Waals surface area contributed by atoms with Crippen LogP contribution in [0.1, 0.15) is 5.56 Å². The number of rotatable bonds is 4. The predicted octanol–water partition coefficient (Wildman–Crippen LogP) is 3.18. The van der Waals surface area contributed by atoms with Crippen LogP contribution in [0.3, 0.4) is 0 Å². The largest absolute Gasteiger partial charge is 0.378 e. The van der Waals surface area contributed by atoms with Gasteiger partial charge in [-0.1, -0.05) is 22.0 Å². The lowest BCUT2D eigenvalue weighted by Gasteiger charge is -2.11. The SMILES string of the molecule is Fc1ccc(CNc2cccnc2-n2cncn2)c(Br)c1. The Morgan fingerprint density at radius 2 is 2.19 bits per heavy atom. The fourth-order valence-electron chi connectivity index (χ4n) is 1.89. The first-order chi connectivity index (χ1) is 10.2. The molecule has 0 saturated carbocycles. The fraction of sp³-hybridized carbons (Fsp3) is 0.0714. The third-order valence-corrected chi connectivity index (χ3v) is 3.65. The number of benzene rings is 1. The van der Waals surface area contributed by atoms with Crippen molar-refractivity contribution in [1.29, 1.82) is 0 Å². The molecule has 0 aliphatic rings. The van der Waals surface area contributed by atoms with Gasteiger partial charge in [-0.15, -0.1) is 0 Å². The van der Waals surface area contributed by atoms with Gasteiger partial charge in [0.1, 0.15) is 18.5 Å². The zero-order chi connectivity index (χ0) is 14.7. The summed E-state index contributed by atoms with van der Waals surface area (Å²) in [6, 6.07) is 8.35. The lowest BCUT2D eigenvalue weighted by Crippen LogP contribution is -2.07. The number of halogens is 2. The second-order valence-corrected chi connectivity index (χ2v) is 5.16. The van der Waals surface area contributed by atoms with Crippen LogP contribution < -0.4 is 5.32 Å². The highest BCUT2D eigenvalue weighted by Crippen LogP contribution is 2.21. The third-order valence-electron chi connectivity index (χ3n) is 2.91. The number of nitrogens with one attached hydrogen (secondary N) is 1. The highest BCUT2D eigenvalue weighted by molar-refractivity contribution is 9.10. The molecule has 106 valence electrons. The average Bonchev–Trinajstić information content (AvgIpc) is 3.01. The van der Waals surface area contributed by atoms with Crippen LogP contribution in [0.4, 0.5) is 10.1 Å². The van der Waals surface area contributed by atoms with E-state index in [1.165, 1.54) is 18.5 Å². The number of hydrogen-bond donors (Lipinski definition) is 1. The van der Waals surface area contributed by atoms with Crippen molar-refractivity contribution in [1.82, 2.24) is 19.7 Å². The molecule has 0 radical (unpaired) electrons. The number of aromatic nitrogens is 4. The molecule has 0 saturated heterocycles. The maximum atomic E-state index is 13.1. The molecular formula is C14H11BrFN5. The van der Waals surface area contributed by atoms with E-state index < -0.39 is 0 Å². The van der Waals surface area contributed by atoms with Crippen molar-refractivity contribution in [2.45, 2.75) is 6.54 Å². The summed E-state index contributed by atoms with van der Waals surface area (Å²) < 4.78 is 15.4. The highest BCUT2D eigenvalue weighted by Gasteiger charge is 2.07. The van der Waals surface area contributed by atoms with E-state index in [-0.39, 0.29) is 5.82 Å². The molecule has 0 unspecified atom stereocenters. The lowest BCUT2D eigenvalue weighted by molar-refractivity contribution is 0.626. The first-order valence-corrected chi connectivity index (χ1v) is 7.01. The summed E-state index contributed by atoms with van der Waals surface area (Å²) >= 11 is 3.35. The Kier molecular flexibility index (Phi) is 3.92. The molecule has 3 aromatic rings. The second kappa shape index (κ2) is 6.01. The molecule has 0 aliphatic carbocycles. The van der Waals surface area contributed by atoms with Crippen LogP contribution in [0, 0.1) is 5.82 Å². The summed E-state index contributed by atoms with van der Waals surface area (Å²) in [6.45, 7) is 0.536. The first kappa shape index (κ1) is 13.7. The molecule has 0 spiro atoms. The van der Waals surface area contributed by atoms with Gasteiger partial charge in [0.05, 0.1) is 5.69 Å². The van der Waals surface area contributed by atoms with Gasteiger partial charge in [-0.3, -0.25) is 0 Å². The topological polar surface area (TPSA) is 55.6 Å². The van der Waals surface area contributed by atoms with Gasteiger partial charge in [0.15, 0.2) is 5.82 Å². The van der Waals surface area contributed by atoms with Gasteiger partial charge in [0, 0.05) is 17.2 Å². The molecule has 5 nitrogen and oxygen atoms in total. The summed E-state index contributed by atoms with van der Waals surface area (Å²) in [5.41, 5.74) is 1.77. The molecule has 21 heavy (non-hydrogen) atoms. The predicted molar refractivity (Wildman–Crippen MR) is 80.6 cm³/mol. The van der Waals surface area contributed by atoms with Gasteiger partial charge < -0.3 is 5.32 Å². The van der Waals surface area contributed by atoms with Crippen molar-refractivity contribution < 1.29 is 4.39 Å². The Bertz CT molecular complexity index is 745. The molecule has 0 aliphatic heterocycles. The Balaban J connectivity index is 1.83. The van der Waals surface area contributed by atoms with E-state index in [0.29, 0.717) is 12.4 Å². The highest BCUT2D eigenvalue weighted by atomic mass is 79.9. The van der Waals surface area contributed by atoms with E-state index in [0.717, 1.165) is 15.7 Å².